The average molecular weight is 436 g/mol. The lowest BCUT2D eigenvalue weighted by atomic mass is 10.1. The summed E-state index contributed by atoms with van der Waals surface area (Å²) in [6.45, 7) is 2.73. The van der Waals surface area contributed by atoms with Crippen LogP contribution in [0.2, 0.25) is 0 Å². The number of hydrogen-bond acceptors (Lipinski definition) is 5. The first-order valence-electron chi connectivity index (χ1n) is 10.0. The number of fused-ring (bicyclic) bond motifs is 1. The van der Waals surface area contributed by atoms with Gasteiger partial charge in [-0.3, -0.25) is 14.2 Å². The van der Waals surface area contributed by atoms with E-state index in [2.05, 4.69) is 11.1 Å². The van der Waals surface area contributed by atoms with Crippen LogP contribution in [0.3, 0.4) is 0 Å². The number of carbonyl (C=O) groups is 1. The third-order valence-electron chi connectivity index (χ3n) is 5.70. The van der Waals surface area contributed by atoms with Crippen LogP contribution in [-0.2, 0) is 11.3 Å². The van der Waals surface area contributed by atoms with Gasteiger partial charge in [0.2, 0.25) is 5.91 Å². The minimum atomic E-state index is -0.142. The van der Waals surface area contributed by atoms with Crippen molar-refractivity contribution in [2.45, 2.75) is 32.4 Å². The van der Waals surface area contributed by atoms with Crippen molar-refractivity contribution < 1.29 is 4.79 Å². The molecule has 5 rings (SSSR count). The molecule has 5 nitrogen and oxygen atoms in total. The molecule has 0 bridgehead atoms. The van der Waals surface area contributed by atoms with Crippen molar-refractivity contribution in [1.82, 2.24) is 14.5 Å². The summed E-state index contributed by atoms with van der Waals surface area (Å²) in [5, 5.41) is 2.66. The predicted octanol–water partition coefficient (Wildman–Crippen LogP) is 4.86. The SMILES string of the molecule is Cc1c(-c2ccccc2)sc2ncn(CC(=O)N3CCCC3c3cccs3)c(=O)c12. The second-order valence-electron chi connectivity index (χ2n) is 7.54. The van der Waals surface area contributed by atoms with Gasteiger partial charge in [-0.05, 0) is 42.3 Å². The minimum Gasteiger partial charge on any atom is -0.333 e. The van der Waals surface area contributed by atoms with E-state index < -0.39 is 0 Å². The van der Waals surface area contributed by atoms with E-state index >= 15 is 0 Å². The second kappa shape index (κ2) is 7.81. The zero-order valence-electron chi connectivity index (χ0n) is 16.6. The van der Waals surface area contributed by atoms with Crippen molar-refractivity contribution in [2.75, 3.05) is 6.54 Å². The Morgan fingerprint density at radius 2 is 2.03 bits per heavy atom. The summed E-state index contributed by atoms with van der Waals surface area (Å²) in [4.78, 5) is 35.7. The summed E-state index contributed by atoms with van der Waals surface area (Å²) < 4.78 is 1.46. The molecular weight excluding hydrogens is 414 g/mol. The summed E-state index contributed by atoms with van der Waals surface area (Å²) in [5.74, 6) is -0.0229. The highest BCUT2D eigenvalue weighted by Crippen LogP contribution is 2.36. The van der Waals surface area contributed by atoms with Crippen LogP contribution >= 0.6 is 22.7 Å². The highest BCUT2D eigenvalue weighted by atomic mass is 32.1. The first-order valence-corrected chi connectivity index (χ1v) is 11.7. The van der Waals surface area contributed by atoms with Crippen LogP contribution in [0.25, 0.3) is 20.7 Å². The molecule has 0 spiro atoms. The summed E-state index contributed by atoms with van der Waals surface area (Å²) in [6, 6.07) is 14.3. The van der Waals surface area contributed by atoms with Crippen LogP contribution in [0.1, 0.15) is 29.3 Å². The van der Waals surface area contributed by atoms with Crippen LogP contribution in [0.5, 0.6) is 0 Å². The summed E-state index contributed by atoms with van der Waals surface area (Å²) in [7, 11) is 0. The number of benzene rings is 1. The zero-order valence-corrected chi connectivity index (χ0v) is 18.2. The molecule has 4 heterocycles. The Morgan fingerprint density at radius 1 is 1.20 bits per heavy atom. The van der Waals surface area contributed by atoms with Gasteiger partial charge in [0.05, 0.1) is 17.8 Å². The number of hydrogen-bond donors (Lipinski definition) is 0. The molecule has 1 unspecified atom stereocenters. The molecule has 3 aromatic heterocycles. The lowest BCUT2D eigenvalue weighted by Crippen LogP contribution is -2.36. The highest BCUT2D eigenvalue weighted by Gasteiger charge is 2.30. The lowest BCUT2D eigenvalue weighted by molar-refractivity contribution is -0.132. The van der Waals surface area contributed by atoms with E-state index in [1.165, 1.54) is 27.1 Å². The van der Waals surface area contributed by atoms with E-state index in [4.69, 9.17) is 0 Å². The minimum absolute atomic E-state index is 0.0229. The smallest absolute Gasteiger partial charge is 0.262 e. The Morgan fingerprint density at radius 3 is 2.80 bits per heavy atom. The third-order valence-corrected chi connectivity index (χ3v) is 7.93. The summed E-state index contributed by atoms with van der Waals surface area (Å²) in [5.41, 5.74) is 1.87. The molecule has 4 aromatic rings. The Bertz CT molecular complexity index is 1260. The van der Waals surface area contributed by atoms with Gasteiger partial charge < -0.3 is 4.90 Å². The number of thiophene rings is 2. The molecule has 0 radical (unpaired) electrons. The number of rotatable bonds is 4. The van der Waals surface area contributed by atoms with Gasteiger partial charge in [0.25, 0.3) is 5.56 Å². The van der Waals surface area contributed by atoms with Gasteiger partial charge in [-0.1, -0.05) is 36.4 Å². The van der Waals surface area contributed by atoms with Gasteiger partial charge in [-0.15, -0.1) is 22.7 Å². The van der Waals surface area contributed by atoms with Gasteiger partial charge in [0.1, 0.15) is 11.4 Å². The normalized spacial score (nSPS) is 16.4. The Labute approximate surface area is 182 Å². The monoisotopic (exact) mass is 435 g/mol. The summed E-state index contributed by atoms with van der Waals surface area (Å²) >= 11 is 3.21. The largest absolute Gasteiger partial charge is 0.333 e. The van der Waals surface area contributed by atoms with Crippen molar-refractivity contribution in [3.63, 3.8) is 0 Å². The van der Waals surface area contributed by atoms with Crippen LogP contribution in [0, 0.1) is 6.92 Å². The Hall–Kier alpha value is -2.77. The molecule has 1 saturated heterocycles. The fourth-order valence-electron chi connectivity index (χ4n) is 4.22. The maximum absolute atomic E-state index is 13.2. The fourth-order valence-corrected chi connectivity index (χ4v) is 6.23. The van der Waals surface area contributed by atoms with Crippen molar-refractivity contribution in [2.24, 2.45) is 0 Å². The van der Waals surface area contributed by atoms with Crippen LogP contribution < -0.4 is 5.56 Å². The average Bonchev–Trinajstić information content (AvgIpc) is 3.50. The first-order chi connectivity index (χ1) is 14.6. The van der Waals surface area contributed by atoms with E-state index in [1.807, 2.05) is 53.6 Å². The van der Waals surface area contributed by atoms with Crippen LogP contribution in [-0.4, -0.2) is 26.9 Å². The van der Waals surface area contributed by atoms with E-state index in [-0.39, 0.29) is 24.1 Å². The van der Waals surface area contributed by atoms with Gasteiger partial charge in [0, 0.05) is 16.3 Å². The standard InChI is InChI=1S/C23H21N3O2S2/c1-15-20-22(30-21(15)16-7-3-2-4-8-16)24-14-25(23(20)28)13-19(27)26-11-5-9-17(26)18-10-6-12-29-18/h2-4,6-8,10,12,14,17H,5,9,11,13H2,1H3. The van der Waals surface area contributed by atoms with Gasteiger partial charge in [0.15, 0.2) is 0 Å². The molecule has 7 heteroatoms. The predicted molar refractivity (Wildman–Crippen MR) is 122 cm³/mol. The Kier molecular flexibility index (Phi) is 5.00. The van der Waals surface area contributed by atoms with Crippen molar-refractivity contribution in [3.05, 3.63) is 75.0 Å². The molecular formula is C23H21N3O2S2. The number of carbonyl (C=O) groups excluding carboxylic acids is 1. The van der Waals surface area contributed by atoms with Crippen molar-refractivity contribution in [1.29, 1.82) is 0 Å². The van der Waals surface area contributed by atoms with E-state index in [0.29, 0.717) is 5.39 Å². The number of likely N-dealkylation sites (tertiary alicyclic amines) is 1. The summed E-state index contributed by atoms with van der Waals surface area (Å²) in [6.07, 6.45) is 3.48. The molecule has 0 saturated carbocycles. The maximum atomic E-state index is 13.2. The van der Waals surface area contributed by atoms with Gasteiger partial charge in [-0.25, -0.2) is 4.98 Å². The van der Waals surface area contributed by atoms with Crippen LogP contribution in [0.4, 0.5) is 0 Å². The van der Waals surface area contributed by atoms with Gasteiger partial charge >= 0.3 is 0 Å². The molecule has 1 aliphatic rings. The first kappa shape index (κ1) is 19.2. The van der Waals surface area contributed by atoms with E-state index in [0.717, 1.165) is 40.2 Å². The maximum Gasteiger partial charge on any atom is 0.262 e. The van der Waals surface area contributed by atoms with E-state index in [9.17, 15) is 9.59 Å². The van der Waals surface area contributed by atoms with E-state index in [1.54, 1.807) is 11.3 Å². The Balaban J connectivity index is 1.47. The molecule has 1 fully saturated rings. The number of aromatic nitrogens is 2. The number of amides is 1. The zero-order chi connectivity index (χ0) is 20.7. The molecule has 1 aliphatic heterocycles. The molecule has 1 aromatic carbocycles. The molecule has 1 atom stereocenters. The molecule has 1 amide bonds. The van der Waals surface area contributed by atoms with Crippen molar-refractivity contribution >= 4 is 38.8 Å². The molecule has 152 valence electrons. The molecule has 0 aliphatic carbocycles. The molecule has 0 N–H and O–H groups in total. The van der Waals surface area contributed by atoms with Gasteiger partial charge in [-0.2, -0.15) is 0 Å². The topological polar surface area (TPSA) is 55.2 Å². The lowest BCUT2D eigenvalue weighted by Gasteiger charge is -2.24. The highest BCUT2D eigenvalue weighted by molar-refractivity contribution is 7.22. The quantitative estimate of drug-likeness (QED) is 0.460. The second-order valence-corrected chi connectivity index (χ2v) is 9.52. The third kappa shape index (κ3) is 3.28. The fraction of sp³-hybridized carbons (Fsp3) is 0.261. The number of aryl methyl sites for hydroxylation is 1. The van der Waals surface area contributed by atoms with Crippen molar-refractivity contribution in [3.8, 4) is 10.4 Å². The number of nitrogens with zero attached hydrogens (tertiary/aromatic N) is 3. The van der Waals surface area contributed by atoms with Crippen LogP contribution in [0.15, 0.2) is 59.0 Å². The molecule has 30 heavy (non-hydrogen) atoms.